The van der Waals surface area contributed by atoms with Gasteiger partial charge in [-0.2, -0.15) is 10.5 Å². The molecule has 0 bridgehead atoms. The zero-order valence-electron chi connectivity index (χ0n) is 14.5. The van der Waals surface area contributed by atoms with Gasteiger partial charge in [0.2, 0.25) is 0 Å². The second-order valence-electron chi connectivity index (χ2n) is 5.98. The third-order valence-electron chi connectivity index (χ3n) is 4.08. The third kappa shape index (κ3) is 3.95. The molecular formula is C20H15FN4O2. The molecule has 0 spiro atoms. The van der Waals surface area contributed by atoms with Gasteiger partial charge in [0.05, 0.1) is 17.2 Å². The van der Waals surface area contributed by atoms with Crippen molar-refractivity contribution in [1.82, 2.24) is 10.4 Å². The molecule has 1 amide bonds. The number of hydrogen-bond donors (Lipinski definition) is 1. The Balaban J connectivity index is 1.90. The highest BCUT2D eigenvalue weighted by molar-refractivity contribution is 5.93. The minimum absolute atomic E-state index is 0.0389. The van der Waals surface area contributed by atoms with E-state index in [4.69, 9.17) is 10.00 Å². The number of halogens is 1. The molecule has 0 unspecified atom stereocenters. The molecule has 0 aliphatic carbocycles. The number of carbonyl (C=O) groups is 1. The van der Waals surface area contributed by atoms with Gasteiger partial charge in [-0.3, -0.25) is 10.2 Å². The van der Waals surface area contributed by atoms with E-state index in [1.54, 1.807) is 36.2 Å². The molecule has 0 atom stereocenters. The van der Waals surface area contributed by atoms with Gasteiger partial charge in [-0.25, -0.2) is 9.40 Å². The Kier molecular flexibility index (Phi) is 5.16. The second-order valence-corrected chi connectivity index (χ2v) is 5.98. The fourth-order valence-corrected chi connectivity index (χ4v) is 2.58. The van der Waals surface area contributed by atoms with Crippen molar-refractivity contribution in [1.29, 1.82) is 10.5 Å². The van der Waals surface area contributed by atoms with Crippen LogP contribution in [0.1, 0.15) is 23.6 Å². The number of carbonyl (C=O) groups excluding carboxylic acids is 1. The molecule has 0 saturated heterocycles. The van der Waals surface area contributed by atoms with Crippen LogP contribution < -0.4 is 10.2 Å². The van der Waals surface area contributed by atoms with Gasteiger partial charge in [0.25, 0.3) is 5.91 Å². The van der Waals surface area contributed by atoms with Crippen molar-refractivity contribution in [3.8, 4) is 23.6 Å². The van der Waals surface area contributed by atoms with Crippen molar-refractivity contribution in [2.45, 2.75) is 13.5 Å². The number of rotatable bonds is 4. The smallest absolute Gasteiger partial charge is 0.260 e. The summed E-state index contributed by atoms with van der Waals surface area (Å²) in [6.07, 6.45) is 1.76. The maximum atomic E-state index is 15.0. The molecule has 1 aliphatic heterocycles. The van der Waals surface area contributed by atoms with Crippen LogP contribution >= 0.6 is 0 Å². The van der Waals surface area contributed by atoms with Crippen LogP contribution in [0, 0.1) is 28.5 Å². The average Bonchev–Trinajstić information content (AvgIpc) is 2.68. The van der Waals surface area contributed by atoms with Crippen LogP contribution in [0.4, 0.5) is 4.39 Å². The molecule has 1 aliphatic rings. The molecule has 3 rings (SSSR count). The van der Waals surface area contributed by atoms with Crippen molar-refractivity contribution in [3.05, 3.63) is 70.6 Å². The van der Waals surface area contributed by atoms with Gasteiger partial charge >= 0.3 is 0 Å². The van der Waals surface area contributed by atoms with Gasteiger partial charge < -0.3 is 4.74 Å². The van der Waals surface area contributed by atoms with Gasteiger partial charge in [0.1, 0.15) is 11.8 Å². The lowest BCUT2D eigenvalue weighted by molar-refractivity contribution is -0.123. The lowest BCUT2D eigenvalue weighted by Gasteiger charge is -2.26. The zero-order chi connectivity index (χ0) is 19.4. The Hall–Kier alpha value is -3.68. The molecule has 1 heterocycles. The second kappa shape index (κ2) is 7.69. The highest BCUT2D eigenvalue weighted by Gasteiger charge is 2.21. The SMILES string of the molecule is CC1=CCN(Cc2ccc(C#N)c(Oc3cccc(C#N)c3)c2F)NC1=O. The number of nitriles is 2. The number of hydrogen-bond acceptors (Lipinski definition) is 5. The molecule has 7 heteroatoms. The molecule has 2 aromatic rings. The molecular weight excluding hydrogens is 347 g/mol. The van der Waals surface area contributed by atoms with E-state index in [2.05, 4.69) is 5.43 Å². The van der Waals surface area contributed by atoms with Crippen LogP contribution in [-0.2, 0) is 11.3 Å². The first-order valence-corrected chi connectivity index (χ1v) is 8.14. The zero-order valence-corrected chi connectivity index (χ0v) is 14.5. The van der Waals surface area contributed by atoms with Crippen molar-refractivity contribution in [2.75, 3.05) is 6.54 Å². The van der Waals surface area contributed by atoms with Crippen molar-refractivity contribution in [3.63, 3.8) is 0 Å². The van der Waals surface area contributed by atoms with Gasteiger partial charge in [-0.1, -0.05) is 18.2 Å². The summed E-state index contributed by atoms with van der Waals surface area (Å²) in [4.78, 5) is 11.7. The minimum atomic E-state index is -0.683. The monoisotopic (exact) mass is 362 g/mol. The van der Waals surface area contributed by atoms with E-state index >= 15 is 4.39 Å². The number of nitrogens with one attached hydrogen (secondary N) is 1. The Bertz CT molecular complexity index is 1020. The Morgan fingerprint density at radius 1 is 1.26 bits per heavy atom. The highest BCUT2D eigenvalue weighted by atomic mass is 19.1. The molecule has 0 fully saturated rings. The summed E-state index contributed by atoms with van der Waals surface area (Å²) in [5.41, 5.74) is 3.95. The minimum Gasteiger partial charge on any atom is -0.453 e. The normalized spacial score (nSPS) is 13.9. The van der Waals surface area contributed by atoms with E-state index in [0.717, 1.165) is 0 Å². The summed E-state index contributed by atoms with van der Waals surface area (Å²) in [6.45, 7) is 2.26. The molecule has 134 valence electrons. The van der Waals surface area contributed by atoms with Crippen molar-refractivity contribution >= 4 is 5.91 Å². The number of hydrazine groups is 1. The first-order chi connectivity index (χ1) is 13.0. The van der Waals surface area contributed by atoms with E-state index in [1.165, 1.54) is 18.2 Å². The van der Waals surface area contributed by atoms with Crippen LogP contribution in [0.15, 0.2) is 48.0 Å². The molecule has 2 aromatic carbocycles. The maximum absolute atomic E-state index is 15.0. The first kappa shape index (κ1) is 18.1. The summed E-state index contributed by atoms with van der Waals surface area (Å²) in [5.74, 6) is -0.872. The van der Waals surface area contributed by atoms with E-state index in [0.29, 0.717) is 17.7 Å². The fraction of sp³-hybridized carbons (Fsp3) is 0.150. The maximum Gasteiger partial charge on any atom is 0.260 e. The van der Waals surface area contributed by atoms with Crippen LogP contribution in [0.5, 0.6) is 11.5 Å². The summed E-state index contributed by atoms with van der Waals surface area (Å²) in [7, 11) is 0. The summed E-state index contributed by atoms with van der Waals surface area (Å²) in [6, 6.07) is 13.1. The average molecular weight is 362 g/mol. The predicted molar refractivity (Wildman–Crippen MR) is 94.7 cm³/mol. The molecule has 0 saturated carbocycles. The lowest BCUT2D eigenvalue weighted by atomic mass is 10.1. The van der Waals surface area contributed by atoms with E-state index in [9.17, 15) is 10.1 Å². The predicted octanol–water partition coefficient (Wildman–Crippen LogP) is 3.15. The molecule has 0 aromatic heterocycles. The largest absolute Gasteiger partial charge is 0.453 e. The number of benzene rings is 2. The van der Waals surface area contributed by atoms with E-state index in [-0.39, 0.29) is 35.1 Å². The Morgan fingerprint density at radius 3 is 2.78 bits per heavy atom. The number of amides is 1. The number of ether oxygens (including phenoxy) is 1. The van der Waals surface area contributed by atoms with Gasteiger partial charge in [-0.15, -0.1) is 0 Å². The van der Waals surface area contributed by atoms with E-state index in [1.807, 2.05) is 12.1 Å². The standard InChI is InChI=1S/C20H15FN4O2/c1-13-7-8-25(24-20(13)26)12-16-6-5-15(11-23)19(18(16)21)27-17-4-2-3-14(9-17)10-22/h2-7,9H,8,12H2,1H3,(H,24,26). The van der Waals surface area contributed by atoms with Crippen LogP contribution in [0.2, 0.25) is 0 Å². The van der Waals surface area contributed by atoms with Gasteiger partial charge in [0.15, 0.2) is 11.6 Å². The van der Waals surface area contributed by atoms with Crippen LogP contribution in [-0.4, -0.2) is 17.5 Å². The van der Waals surface area contributed by atoms with Crippen LogP contribution in [0.3, 0.4) is 0 Å². The quantitative estimate of drug-likeness (QED) is 0.902. The molecule has 27 heavy (non-hydrogen) atoms. The first-order valence-electron chi connectivity index (χ1n) is 8.14. The van der Waals surface area contributed by atoms with Gasteiger partial charge in [0, 0.05) is 24.2 Å². The molecule has 1 N–H and O–H groups in total. The highest BCUT2D eigenvalue weighted by Crippen LogP contribution is 2.31. The van der Waals surface area contributed by atoms with E-state index < -0.39 is 5.82 Å². The summed E-state index contributed by atoms with van der Waals surface area (Å²) >= 11 is 0. The fourth-order valence-electron chi connectivity index (χ4n) is 2.58. The Morgan fingerprint density at radius 2 is 2.07 bits per heavy atom. The lowest BCUT2D eigenvalue weighted by Crippen LogP contribution is -2.45. The van der Waals surface area contributed by atoms with Gasteiger partial charge in [-0.05, 0) is 31.2 Å². The summed E-state index contributed by atoms with van der Waals surface area (Å²) in [5, 5.41) is 19.8. The molecule has 0 radical (unpaired) electrons. The van der Waals surface area contributed by atoms with Crippen molar-refractivity contribution in [2.24, 2.45) is 0 Å². The summed E-state index contributed by atoms with van der Waals surface area (Å²) < 4.78 is 20.6. The molecule has 6 nitrogen and oxygen atoms in total. The third-order valence-corrected chi connectivity index (χ3v) is 4.08. The van der Waals surface area contributed by atoms with Crippen molar-refractivity contribution < 1.29 is 13.9 Å². The Labute approximate surface area is 155 Å². The van der Waals surface area contributed by atoms with Crippen LogP contribution in [0.25, 0.3) is 0 Å². The topological polar surface area (TPSA) is 89.2 Å². The number of nitrogens with zero attached hydrogens (tertiary/aromatic N) is 3.